The summed E-state index contributed by atoms with van der Waals surface area (Å²) in [6.07, 6.45) is 47.8. The lowest BCUT2D eigenvalue weighted by Gasteiger charge is -2.30. The lowest BCUT2D eigenvalue weighted by molar-refractivity contribution is -0.862. The maximum atomic E-state index is 13.3. The molecule has 1 heterocycles. The summed E-state index contributed by atoms with van der Waals surface area (Å²) < 4.78 is 0.702. The Morgan fingerprint density at radius 1 is 0.423 bits per heavy atom. The van der Waals surface area contributed by atoms with Crippen molar-refractivity contribution < 1.29 is 9.28 Å². The van der Waals surface area contributed by atoms with Crippen molar-refractivity contribution >= 4 is 5.91 Å². The first-order valence-electron chi connectivity index (χ1n) is 23.2. The van der Waals surface area contributed by atoms with Crippen molar-refractivity contribution in [2.75, 3.05) is 80.0 Å². The molecule has 1 saturated heterocycles. The fraction of sp³-hybridized carbons (Fsp3) is 0.894. The summed E-state index contributed by atoms with van der Waals surface area (Å²) in [5, 5.41) is 0. The Labute approximate surface area is 327 Å². The molecule has 0 N–H and O–H groups in total. The van der Waals surface area contributed by atoms with Crippen molar-refractivity contribution in [2.45, 2.75) is 194 Å². The van der Waals surface area contributed by atoms with Crippen molar-refractivity contribution in [3.05, 3.63) is 24.3 Å². The van der Waals surface area contributed by atoms with E-state index in [1.165, 1.54) is 193 Å². The number of unbranched alkanes of at least 4 members (excludes halogenated alkanes) is 24. The van der Waals surface area contributed by atoms with Gasteiger partial charge in [0, 0.05) is 39.3 Å². The lowest BCUT2D eigenvalue weighted by atomic mass is 10.1. The van der Waals surface area contributed by atoms with E-state index in [2.05, 4.69) is 74.0 Å². The third kappa shape index (κ3) is 32.3. The molecule has 1 aliphatic heterocycles. The molecule has 1 fully saturated rings. The van der Waals surface area contributed by atoms with Crippen molar-refractivity contribution in [3.63, 3.8) is 0 Å². The molecule has 0 radical (unpaired) electrons. The van der Waals surface area contributed by atoms with Crippen LogP contribution in [0, 0.1) is 0 Å². The smallest absolute Gasteiger partial charge is 0.277 e. The van der Waals surface area contributed by atoms with Crippen LogP contribution in [-0.2, 0) is 4.79 Å². The van der Waals surface area contributed by atoms with Crippen LogP contribution in [0.5, 0.6) is 0 Å². The first kappa shape index (κ1) is 48.8. The van der Waals surface area contributed by atoms with Gasteiger partial charge in [-0.05, 0) is 77.3 Å². The molecular formula is C47H93N4O+. The SMILES string of the molecule is CCCCCCCC/C=C\CCCCCCCCN1CCN(CCCCCCCC/C=C\CCCCCCCC)CCN(C(=O)C[N+](C)(C)C)CC1. The second kappa shape index (κ2) is 35.5. The van der Waals surface area contributed by atoms with E-state index in [0.717, 1.165) is 39.3 Å². The van der Waals surface area contributed by atoms with Crippen molar-refractivity contribution in [1.29, 1.82) is 0 Å². The van der Waals surface area contributed by atoms with E-state index >= 15 is 0 Å². The molecule has 0 unspecified atom stereocenters. The number of nitrogens with zero attached hydrogens (tertiary/aromatic N) is 4. The second-order valence-electron chi connectivity index (χ2n) is 17.4. The molecular weight excluding hydrogens is 637 g/mol. The molecule has 0 aromatic rings. The van der Waals surface area contributed by atoms with Gasteiger partial charge in [-0.3, -0.25) is 4.79 Å². The minimum absolute atomic E-state index is 0.323. The molecule has 1 amide bonds. The Bertz CT molecular complexity index is 780. The summed E-state index contributed by atoms with van der Waals surface area (Å²) in [7, 11) is 6.40. The van der Waals surface area contributed by atoms with E-state index < -0.39 is 0 Å². The summed E-state index contributed by atoms with van der Waals surface area (Å²) in [5.41, 5.74) is 0. The summed E-state index contributed by atoms with van der Waals surface area (Å²) in [5.74, 6) is 0.323. The van der Waals surface area contributed by atoms with E-state index in [9.17, 15) is 4.79 Å². The number of hydrogen-bond acceptors (Lipinski definition) is 3. The zero-order valence-corrected chi connectivity index (χ0v) is 36.2. The van der Waals surface area contributed by atoms with Crippen LogP contribution < -0.4 is 0 Å². The average Bonchev–Trinajstić information content (AvgIpc) is 3.21. The van der Waals surface area contributed by atoms with Gasteiger partial charge in [0.15, 0.2) is 6.54 Å². The molecule has 52 heavy (non-hydrogen) atoms. The molecule has 0 aliphatic carbocycles. The number of carbonyl (C=O) groups is 1. The second-order valence-corrected chi connectivity index (χ2v) is 17.4. The number of quaternary nitrogens is 1. The first-order chi connectivity index (χ1) is 25.4. The average molecular weight is 730 g/mol. The van der Waals surface area contributed by atoms with Gasteiger partial charge in [-0.1, -0.05) is 154 Å². The van der Waals surface area contributed by atoms with Crippen LogP contribution in [0.4, 0.5) is 0 Å². The monoisotopic (exact) mass is 730 g/mol. The molecule has 306 valence electrons. The largest absolute Gasteiger partial charge is 0.335 e. The summed E-state index contributed by atoms with van der Waals surface area (Å²) >= 11 is 0. The van der Waals surface area contributed by atoms with Gasteiger partial charge in [-0.25, -0.2) is 0 Å². The summed E-state index contributed by atoms with van der Waals surface area (Å²) in [6.45, 7) is 13.6. The van der Waals surface area contributed by atoms with Crippen LogP contribution in [0.2, 0.25) is 0 Å². The molecule has 0 spiro atoms. The van der Waals surface area contributed by atoms with Crippen molar-refractivity contribution in [2.24, 2.45) is 0 Å². The standard InChI is InChI=1S/C47H93N4O/c1-6-8-10-12-14-16-18-20-22-24-26-28-30-32-34-36-38-48-40-41-49(43-45-50(44-42-48)47(52)46-51(3,4)5)39-37-35-33-31-29-27-25-23-21-19-17-15-13-11-9-7-2/h20-23H,6-19,24-46H2,1-5H3/q+1/b22-20-,23-21-. The molecule has 0 aromatic carbocycles. The maximum Gasteiger partial charge on any atom is 0.277 e. The number of allylic oxidation sites excluding steroid dienone is 4. The predicted octanol–water partition coefficient (Wildman–Crippen LogP) is 12.2. The van der Waals surface area contributed by atoms with E-state index in [1.807, 2.05) is 0 Å². The number of rotatable bonds is 34. The quantitative estimate of drug-likeness (QED) is 0.0375. The number of carbonyl (C=O) groups excluding carboxylic acids is 1. The molecule has 5 heteroatoms. The third-order valence-electron chi connectivity index (χ3n) is 11.0. The fourth-order valence-electron chi connectivity index (χ4n) is 7.51. The van der Waals surface area contributed by atoms with E-state index in [1.54, 1.807) is 0 Å². The topological polar surface area (TPSA) is 26.8 Å². The van der Waals surface area contributed by atoms with Crippen LogP contribution in [0.15, 0.2) is 24.3 Å². The fourth-order valence-corrected chi connectivity index (χ4v) is 7.51. The van der Waals surface area contributed by atoms with Gasteiger partial charge in [-0.15, -0.1) is 0 Å². The van der Waals surface area contributed by atoms with Gasteiger partial charge in [0.05, 0.1) is 21.1 Å². The van der Waals surface area contributed by atoms with Crippen molar-refractivity contribution in [3.8, 4) is 0 Å². The summed E-state index contributed by atoms with van der Waals surface area (Å²) in [6, 6.07) is 0. The van der Waals surface area contributed by atoms with Crippen molar-refractivity contribution in [1.82, 2.24) is 14.7 Å². The first-order valence-corrected chi connectivity index (χ1v) is 23.2. The highest BCUT2D eigenvalue weighted by atomic mass is 16.2. The Morgan fingerprint density at radius 2 is 0.712 bits per heavy atom. The molecule has 1 aliphatic rings. The minimum Gasteiger partial charge on any atom is -0.335 e. The Hall–Kier alpha value is -1.17. The molecule has 5 nitrogen and oxygen atoms in total. The van der Waals surface area contributed by atoms with Gasteiger partial charge in [0.1, 0.15) is 0 Å². The highest BCUT2D eigenvalue weighted by molar-refractivity contribution is 5.77. The van der Waals surface area contributed by atoms with Gasteiger partial charge >= 0.3 is 0 Å². The Balaban J connectivity index is 2.27. The highest BCUT2D eigenvalue weighted by Gasteiger charge is 2.23. The minimum atomic E-state index is 0.323. The van der Waals surface area contributed by atoms with E-state index in [-0.39, 0.29) is 0 Å². The Kier molecular flexibility index (Phi) is 33.4. The molecule has 0 saturated carbocycles. The normalized spacial score (nSPS) is 15.5. The molecule has 0 aromatic heterocycles. The lowest BCUT2D eigenvalue weighted by Crippen LogP contribution is -2.48. The van der Waals surface area contributed by atoms with E-state index in [0.29, 0.717) is 16.9 Å². The Morgan fingerprint density at radius 3 is 1.04 bits per heavy atom. The molecule has 1 rings (SSSR count). The maximum absolute atomic E-state index is 13.3. The van der Waals surface area contributed by atoms with Crippen LogP contribution >= 0.6 is 0 Å². The summed E-state index contributed by atoms with van der Waals surface area (Å²) in [4.78, 5) is 20.8. The van der Waals surface area contributed by atoms with Gasteiger partial charge in [0.2, 0.25) is 0 Å². The number of amides is 1. The van der Waals surface area contributed by atoms with Crippen LogP contribution in [0.25, 0.3) is 0 Å². The van der Waals surface area contributed by atoms with Gasteiger partial charge in [0.25, 0.3) is 5.91 Å². The van der Waals surface area contributed by atoms with Gasteiger partial charge in [-0.2, -0.15) is 0 Å². The predicted molar refractivity (Wildman–Crippen MR) is 231 cm³/mol. The van der Waals surface area contributed by atoms with Crippen LogP contribution in [-0.4, -0.2) is 105 Å². The van der Waals surface area contributed by atoms with E-state index in [4.69, 9.17) is 0 Å². The number of likely N-dealkylation sites (N-methyl/N-ethyl adjacent to an activating group) is 1. The van der Waals surface area contributed by atoms with Crippen LogP contribution in [0.1, 0.15) is 194 Å². The zero-order valence-electron chi connectivity index (χ0n) is 36.2. The third-order valence-corrected chi connectivity index (χ3v) is 11.0. The van der Waals surface area contributed by atoms with Crippen LogP contribution in [0.3, 0.4) is 0 Å². The number of hydrogen-bond donors (Lipinski definition) is 0. The molecule has 0 atom stereocenters. The molecule has 0 bridgehead atoms. The highest BCUT2D eigenvalue weighted by Crippen LogP contribution is 2.13. The van der Waals surface area contributed by atoms with Gasteiger partial charge < -0.3 is 19.2 Å². The zero-order chi connectivity index (χ0) is 37.8.